The van der Waals surface area contributed by atoms with E-state index in [2.05, 4.69) is 20.5 Å². The first kappa shape index (κ1) is 23.1. The van der Waals surface area contributed by atoms with Gasteiger partial charge in [-0.3, -0.25) is 4.90 Å². The first-order valence-corrected chi connectivity index (χ1v) is 10.4. The van der Waals surface area contributed by atoms with Crippen molar-refractivity contribution in [2.24, 2.45) is 4.99 Å². The van der Waals surface area contributed by atoms with E-state index in [0.29, 0.717) is 24.8 Å². The van der Waals surface area contributed by atoms with E-state index in [1.807, 2.05) is 6.92 Å². The van der Waals surface area contributed by atoms with E-state index in [4.69, 9.17) is 4.42 Å². The molecule has 2 heterocycles. The van der Waals surface area contributed by atoms with Crippen molar-refractivity contribution in [3.8, 4) is 0 Å². The summed E-state index contributed by atoms with van der Waals surface area (Å²) in [6.45, 7) is 6.61. The Labute approximate surface area is 180 Å². The van der Waals surface area contributed by atoms with Crippen LogP contribution in [-0.4, -0.2) is 48.2 Å². The molecular formula is C22H29F3N4O2. The molecule has 0 spiro atoms. The molecule has 1 saturated heterocycles. The summed E-state index contributed by atoms with van der Waals surface area (Å²) in [6.07, 6.45) is -1.91. The monoisotopic (exact) mass is 438 g/mol. The van der Waals surface area contributed by atoms with Gasteiger partial charge in [-0.25, -0.2) is 4.99 Å². The minimum atomic E-state index is -4.31. The molecule has 2 aromatic rings. The Hall–Kier alpha value is -2.52. The molecule has 1 aromatic heterocycles. The smallest absolute Gasteiger partial charge is 0.416 e. The minimum absolute atomic E-state index is 0.137. The van der Waals surface area contributed by atoms with Gasteiger partial charge in [-0.05, 0) is 50.1 Å². The van der Waals surface area contributed by atoms with Gasteiger partial charge in [0.2, 0.25) is 0 Å². The summed E-state index contributed by atoms with van der Waals surface area (Å²) >= 11 is 0. The number of nitrogens with zero attached hydrogens (tertiary/aromatic N) is 2. The van der Waals surface area contributed by atoms with Crippen molar-refractivity contribution in [3.05, 3.63) is 59.5 Å². The normalized spacial score (nSPS) is 19.9. The van der Waals surface area contributed by atoms with Crippen molar-refractivity contribution in [3.63, 3.8) is 0 Å². The maximum absolute atomic E-state index is 12.7. The Morgan fingerprint density at radius 1 is 1.26 bits per heavy atom. The number of furan rings is 1. The fourth-order valence-corrected chi connectivity index (χ4v) is 3.56. The number of guanidine groups is 1. The third-order valence-electron chi connectivity index (χ3n) is 5.24. The van der Waals surface area contributed by atoms with E-state index < -0.39 is 17.3 Å². The van der Waals surface area contributed by atoms with Gasteiger partial charge in [0.25, 0.3) is 0 Å². The zero-order chi connectivity index (χ0) is 22.5. The Kier molecular flexibility index (Phi) is 7.27. The maximum atomic E-state index is 12.7. The summed E-state index contributed by atoms with van der Waals surface area (Å²) < 4.78 is 43.5. The number of rotatable bonds is 7. The van der Waals surface area contributed by atoms with Crippen molar-refractivity contribution in [2.45, 2.75) is 44.6 Å². The Morgan fingerprint density at radius 3 is 2.61 bits per heavy atom. The third-order valence-corrected chi connectivity index (χ3v) is 5.24. The SMILES string of the molecule is CCNC(=NCC(C)(O)c1ccco1)NC1CCN(Cc2ccc(C(F)(F)F)cc2)C1. The topological polar surface area (TPSA) is 73.0 Å². The molecule has 0 radical (unpaired) electrons. The van der Waals surface area contributed by atoms with Crippen molar-refractivity contribution < 1.29 is 22.7 Å². The molecule has 2 unspecified atom stereocenters. The molecule has 3 rings (SSSR count). The van der Waals surface area contributed by atoms with Gasteiger partial charge in [0.1, 0.15) is 11.4 Å². The van der Waals surface area contributed by atoms with Crippen LogP contribution < -0.4 is 10.6 Å². The summed E-state index contributed by atoms with van der Waals surface area (Å²) in [5.41, 5.74) is -0.992. The quantitative estimate of drug-likeness (QED) is 0.457. The predicted octanol–water partition coefficient (Wildman–Crippen LogP) is 3.34. The number of hydrogen-bond donors (Lipinski definition) is 3. The molecule has 170 valence electrons. The lowest BCUT2D eigenvalue weighted by molar-refractivity contribution is -0.137. The number of halogens is 3. The molecule has 9 heteroatoms. The fourth-order valence-electron chi connectivity index (χ4n) is 3.56. The van der Waals surface area contributed by atoms with Gasteiger partial charge in [-0.1, -0.05) is 12.1 Å². The van der Waals surface area contributed by atoms with E-state index in [-0.39, 0.29) is 12.6 Å². The van der Waals surface area contributed by atoms with Crippen molar-refractivity contribution in [2.75, 3.05) is 26.2 Å². The van der Waals surface area contributed by atoms with Crippen LogP contribution in [0.5, 0.6) is 0 Å². The Balaban J connectivity index is 1.54. The van der Waals surface area contributed by atoms with E-state index >= 15 is 0 Å². The highest BCUT2D eigenvalue weighted by atomic mass is 19.4. The minimum Gasteiger partial charge on any atom is -0.466 e. The van der Waals surface area contributed by atoms with Gasteiger partial charge in [-0.2, -0.15) is 13.2 Å². The number of hydrogen-bond acceptors (Lipinski definition) is 4. The van der Waals surface area contributed by atoms with Crippen LogP contribution in [0.15, 0.2) is 52.1 Å². The van der Waals surface area contributed by atoms with Crippen molar-refractivity contribution >= 4 is 5.96 Å². The van der Waals surface area contributed by atoms with E-state index in [9.17, 15) is 18.3 Å². The molecule has 1 aliphatic heterocycles. The summed E-state index contributed by atoms with van der Waals surface area (Å²) in [5, 5.41) is 17.2. The number of aliphatic imine (C=N–C) groups is 1. The van der Waals surface area contributed by atoms with E-state index in [1.54, 1.807) is 19.1 Å². The Bertz CT molecular complexity index is 849. The van der Waals surface area contributed by atoms with Crippen LogP contribution >= 0.6 is 0 Å². The highest BCUT2D eigenvalue weighted by Gasteiger charge is 2.30. The predicted molar refractivity (Wildman–Crippen MR) is 113 cm³/mol. The van der Waals surface area contributed by atoms with Crippen molar-refractivity contribution in [1.82, 2.24) is 15.5 Å². The maximum Gasteiger partial charge on any atom is 0.416 e. The summed E-state index contributed by atoms with van der Waals surface area (Å²) in [7, 11) is 0. The zero-order valence-corrected chi connectivity index (χ0v) is 17.7. The molecular weight excluding hydrogens is 409 g/mol. The first-order chi connectivity index (χ1) is 14.7. The van der Waals surface area contributed by atoms with Gasteiger partial charge in [-0.15, -0.1) is 0 Å². The van der Waals surface area contributed by atoms with Gasteiger partial charge < -0.3 is 20.2 Å². The molecule has 6 nitrogen and oxygen atoms in total. The summed E-state index contributed by atoms with van der Waals surface area (Å²) in [4.78, 5) is 6.70. The highest BCUT2D eigenvalue weighted by molar-refractivity contribution is 5.80. The van der Waals surface area contributed by atoms with Crippen LogP contribution in [-0.2, 0) is 18.3 Å². The molecule has 0 saturated carbocycles. The van der Waals surface area contributed by atoms with Gasteiger partial charge in [0, 0.05) is 32.2 Å². The largest absolute Gasteiger partial charge is 0.466 e. The first-order valence-electron chi connectivity index (χ1n) is 10.4. The highest BCUT2D eigenvalue weighted by Crippen LogP contribution is 2.29. The molecule has 1 aliphatic rings. The van der Waals surface area contributed by atoms with Gasteiger partial charge >= 0.3 is 6.18 Å². The molecule has 2 atom stereocenters. The van der Waals surface area contributed by atoms with Crippen molar-refractivity contribution in [1.29, 1.82) is 0 Å². The molecule has 3 N–H and O–H groups in total. The molecule has 1 aromatic carbocycles. The van der Waals surface area contributed by atoms with E-state index in [1.165, 1.54) is 18.4 Å². The number of benzene rings is 1. The number of nitrogens with one attached hydrogen (secondary N) is 2. The van der Waals surface area contributed by atoms with Crippen LogP contribution in [0.4, 0.5) is 13.2 Å². The van der Waals surface area contributed by atoms with E-state index in [0.717, 1.165) is 37.2 Å². The zero-order valence-electron chi connectivity index (χ0n) is 17.7. The van der Waals surface area contributed by atoms with Crippen LogP contribution in [0.1, 0.15) is 37.2 Å². The lowest BCUT2D eigenvalue weighted by Gasteiger charge is -2.22. The standard InChI is InChI=1S/C22H29F3N4O2/c1-3-26-20(27-15-21(2,30)19-5-4-12-31-19)28-18-10-11-29(14-18)13-16-6-8-17(9-7-16)22(23,24)25/h4-9,12,18,30H,3,10-11,13-15H2,1-2H3,(H2,26,27,28). The van der Waals surface area contributed by atoms with Crippen LogP contribution in [0, 0.1) is 0 Å². The number of alkyl halides is 3. The second kappa shape index (κ2) is 9.74. The fraction of sp³-hybridized carbons (Fsp3) is 0.500. The summed E-state index contributed by atoms with van der Waals surface area (Å²) in [5.74, 6) is 1.06. The number of likely N-dealkylation sites (tertiary alicyclic amines) is 1. The Morgan fingerprint density at radius 2 is 2.00 bits per heavy atom. The van der Waals surface area contributed by atoms with Crippen LogP contribution in [0.2, 0.25) is 0 Å². The third kappa shape index (κ3) is 6.48. The number of aliphatic hydroxyl groups is 1. The molecule has 1 fully saturated rings. The van der Waals surface area contributed by atoms with Gasteiger partial charge in [0.05, 0.1) is 18.4 Å². The average Bonchev–Trinajstić information content (AvgIpc) is 3.39. The van der Waals surface area contributed by atoms with Gasteiger partial charge in [0.15, 0.2) is 5.96 Å². The second-order valence-electron chi connectivity index (χ2n) is 8.01. The lowest BCUT2D eigenvalue weighted by Crippen LogP contribution is -2.45. The second-order valence-corrected chi connectivity index (χ2v) is 8.01. The summed E-state index contributed by atoms with van der Waals surface area (Å²) in [6, 6.07) is 8.91. The average molecular weight is 438 g/mol. The molecule has 0 bridgehead atoms. The molecule has 31 heavy (non-hydrogen) atoms. The lowest BCUT2D eigenvalue weighted by atomic mass is 10.0. The molecule has 0 amide bonds. The molecule has 0 aliphatic carbocycles. The van der Waals surface area contributed by atoms with Crippen LogP contribution in [0.3, 0.4) is 0 Å². The van der Waals surface area contributed by atoms with Crippen LogP contribution in [0.25, 0.3) is 0 Å².